The third-order valence-corrected chi connectivity index (χ3v) is 6.45. The number of hydrogen-bond acceptors (Lipinski definition) is 5. The molecule has 0 atom stereocenters. The number of anilines is 1. The van der Waals surface area contributed by atoms with Gasteiger partial charge in [0, 0.05) is 23.3 Å². The third kappa shape index (κ3) is 3.88. The van der Waals surface area contributed by atoms with Crippen molar-refractivity contribution >= 4 is 50.0 Å². The van der Waals surface area contributed by atoms with Gasteiger partial charge in [0.1, 0.15) is 0 Å². The molecule has 1 aromatic carbocycles. The number of aromatic nitrogens is 2. The maximum Gasteiger partial charge on any atom is 0.253 e. The van der Waals surface area contributed by atoms with Crippen LogP contribution < -0.4 is 4.90 Å². The third-order valence-electron chi connectivity index (χ3n) is 4.57. The molecule has 140 valence electrons. The van der Waals surface area contributed by atoms with Crippen LogP contribution in [0.4, 0.5) is 5.13 Å². The van der Waals surface area contributed by atoms with E-state index in [0.717, 1.165) is 26.2 Å². The molecular weight excluding hydrogens is 386 g/mol. The molecule has 0 saturated heterocycles. The number of thiophene rings is 1. The second-order valence-corrected chi connectivity index (χ2v) is 8.47. The summed E-state index contributed by atoms with van der Waals surface area (Å²) >= 11 is 3.14. The Kier molecular flexibility index (Phi) is 5.32. The summed E-state index contributed by atoms with van der Waals surface area (Å²) in [6.07, 6.45) is 6.99. The van der Waals surface area contributed by atoms with Crippen LogP contribution in [0.3, 0.4) is 0 Å². The first kappa shape index (κ1) is 18.5. The summed E-state index contributed by atoms with van der Waals surface area (Å²) in [5, 5.41) is 2.70. The van der Waals surface area contributed by atoms with Crippen molar-refractivity contribution in [1.82, 2.24) is 9.97 Å². The molecule has 4 nitrogen and oxygen atoms in total. The second-order valence-electron chi connectivity index (χ2n) is 6.49. The van der Waals surface area contributed by atoms with E-state index in [0.29, 0.717) is 11.7 Å². The molecule has 6 heteroatoms. The van der Waals surface area contributed by atoms with Crippen LogP contribution in [0.15, 0.2) is 60.2 Å². The second kappa shape index (κ2) is 8.04. The van der Waals surface area contributed by atoms with Gasteiger partial charge in [0.2, 0.25) is 0 Å². The van der Waals surface area contributed by atoms with Gasteiger partial charge in [0.15, 0.2) is 5.13 Å². The zero-order valence-electron chi connectivity index (χ0n) is 15.6. The Bertz CT molecular complexity index is 1130. The number of pyridine rings is 1. The van der Waals surface area contributed by atoms with Crippen LogP contribution in [0.1, 0.15) is 21.6 Å². The van der Waals surface area contributed by atoms with Gasteiger partial charge in [0.05, 0.1) is 16.8 Å². The van der Waals surface area contributed by atoms with Crippen molar-refractivity contribution in [1.29, 1.82) is 0 Å². The first-order valence-electron chi connectivity index (χ1n) is 8.90. The summed E-state index contributed by atoms with van der Waals surface area (Å²) in [4.78, 5) is 24.8. The lowest BCUT2D eigenvalue weighted by atomic mass is 10.1. The van der Waals surface area contributed by atoms with Crippen LogP contribution in [0, 0.1) is 13.8 Å². The number of amides is 1. The number of rotatable bonds is 5. The number of carbonyl (C=O) groups is 1. The first-order chi connectivity index (χ1) is 13.6. The summed E-state index contributed by atoms with van der Waals surface area (Å²) < 4.78 is 1.09. The van der Waals surface area contributed by atoms with Crippen molar-refractivity contribution in [2.75, 3.05) is 4.90 Å². The molecule has 0 aliphatic carbocycles. The molecule has 0 fully saturated rings. The molecule has 3 aromatic heterocycles. The van der Waals surface area contributed by atoms with E-state index >= 15 is 0 Å². The zero-order chi connectivity index (χ0) is 19.5. The topological polar surface area (TPSA) is 46.1 Å². The maximum absolute atomic E-state index is 13.1. The number of aryl methyl sites for hydroxylation is 2. The van der Waals surface area contributed by atoms with Crippen molar-refractivity contribution in [3.8, 4) is 0 Å². The molecule has 0 N–H and O–H groups in total. The van der Waals surface area contributed by atoms with Gasteiger partial charge in [-0.15, -0.1) is 11.3 Å². The summed E-state index contributed by atoms with van der Waals surface area (Å²) in [5.74, 6) is -0.0920. The average molecular weight is 406 g/mol. The Morgan fingerprint density at radius 2 is 2.07 bits per heavy atom. The molecule has 0 radical (unpaired) electrons. The van der Waals surface area contributed by atoms with E-state index in [1.54, 1.807) is 46.0 Å². The SMILES string of the molecule is Cc1ccc2sc(N(Cc3cccnc3)C(=O)/C=C/c3cccs3)nc2c1C. The Morgan fingerprint density at radius 1 is 1.18 bits per heavy atom. The van der Waals surface area contributed by atoms with Gasteiger partial charge in [0.25, 0.3) is 5.91 Å². The fourth-order valence-electron chi connectivity index (χ4n) is 2.87. The quantitative estimate of drug-likeness (QED) is 0.405. The highest BCUT2D eigenvalue weighted by Gasteiger charge is 2.19. The lowest BCUT2D eigenvalue weighted by molar-refractivity contribution is -0.114. The van der Waals surface area contributed by atoms with Crippen LogP contribution in [-0.4, -0.2) is 15.9 Å². The minimum Gasteiger partial charge on any atom is -0.280 e. The molecule has 1 amide bonds. The predicted octanol–water partition coefficient (Wildman–Crippen LogP) is 5.62. The molecule has 0 aliphatic heterocycles. The highest BCUT2D eigenvalue weighted by molar-refractivity contribution is 7.22. The van der Waals surface area contributed by atoms with Crippen LogP contribution >= 0.6 is 22.7 Å². The summed E-state index contributed by atoms with van der Waals surface area (Å²) in [6, 6.07) is 12.0. The molecule has 0 saturated carbocycles. The van der Waals surface area contributed by atoms with E-state index in [9.17, 15) is 4.79 Å². The number of thiazole rings is 1. The first-order valence-corrected chi connectivity index (χ1v) is 10.6. The minimum absolute atomic E-state index is 0.0920. The van der Waals surface area contributed by atoms with E-state index in [1.165, 1.54) is 5.56 Å². The van der Waals surface area contributed by atoms with Gasteiger partial charge >= 0.3 is 0 Å². The van der Waals surface area contributed by atoms with E-state index < -0.39 is 0 Å². The Labute approximate surface area is 171 Å². The Balaban J connectivity index is 1.72. The minimum atomic E-state index is -0.0920. The van der Waals surface area contributed by atoms with Crippen molar-refractivity contribution in [3.63, 3.8) is 0 Å². The van der Waals surface area contributed by atoms with E-state index in [4.69, 9.17) is 4.98 Å². The normalized spacial score (nSPS) is 11.4. The number of fused-ring (bicyclic) bond motifs is 1. The molecule has 0 aliphatic rings. The lowest BCUT2D eigenvalue weighted by Gasteiger charge is -2.18. The van der Waals surface area contributed by atoms with Gasteiger partial charge in [-0.2, -0.15) is 0 Å². The molecule has 3 heterocycles. The van der Waals surface area contributed by atoms with E-state index in [2.05, 4.69) is 31.0 Å². The largest absolute Gasteiger partial charge is 0.280 e. The number of benzene rings is 1. The van der Waals surface area contributed by atoms with Crippen molar-refractivity contribution in [2.45, 2.75) is 20.4 Å². The van der Waals surface area contributed by atoms with Crippen molar-refractivity contribution in [2.24, 2.45) is 0 Å². The molecule has 28 heavy (non-hydrogen) atoms. The van der Waals surface area contributed by atoms with E-state index in [-0.39, 0.29) is 5.91 Å². The van der Waals surface area contributed by atoms with Gasteiger partial charge in [-0.25, -0.2) is 4.98 Å². The lowest BCUT2D eigenvalue weighted by Crippen LogP contribution is -2.28. The Morgan fingerprint density at radius 3 is 2.82 bits per heavy atom. The molecule has 0 spiro atoms. The standard InChI is InChI=1S/C22H19N3OS2/c1-15-7-9-19-21(16(15)2)24-22(28-19)25(14-17-5-3-11-23-13-17)20(26)10-8-18-6-4-12-27-18/h3-13H,14H2,1-2H3/b10-8+. The summed E-state index contributed by atoms with van der Waals surface area (Å²) in [6.45, 7) is 4.58. The number of hydrogen-bond donors (Lipinski definition) is 0. The monoisotopic (exact) mass is 405 g/mol. The molecule has 0 unspecified atom stereocenters. The van der Waals surface area contributed by atoms with Gasteiger partial charge < -0.3 is 0 Å². The molecule has 0 bridgehead atoms. The van der Waals surface area contributed by atoms with Crippen LogP contribution in [0.25, 0.3) is 16.3 Å². The fourth-order valence-corrected chi connectivity index (χ4v) is 4.52. The van der Waals surface area contributed by atoms with Crippen LogP contribution in [0.2, 0.25) is 0 Å². The molecular formula is C22H19N3OS2. The molecule has 4 rings (SSSR count). The predicted molar refractivity (Wildman–Crippen MR) is 118 cm³/mol. The highest BCUT2D eigenvalue weighted by atomic mass is 32.1. The van der Waals surface area contributed by atoms with Gasteiger partial charge in [-0.05, 0) is 60.2 Å². The summed E-state index contributed by atoms with van der Waals surface area (Å²) in [7, 11) is 0. The van der Waals surface area contributed by atoms with Crippen molar-refractivity contribution < 1.29 is 4.79 Å². The summed E-state index contributed by atoms with van der Waals surface area (Å²) in [5.41, 5.74) is 4.29. The number of nitrogens with zero attached hydrogens (tertiary/aromatic N) is 3. The number of carbonyl (C=O) groups excluding carboxylic acids is 1. The van der Waals surface area contributed by atoms with E-state index in [1.807, 2.05) is 35.7 Å². The van der Waals surface area contributed by atoms with Crippen LogP contribution in [0.5, 0.6) is 0 Å². The smallest absolute Gasteiger partial charge is 0.253 e. The zero-order valence-corrected chi connectivity index (χ0v) is 17.3. The van der Waals surface area contributed by atoms with Gasteiger partial charge in [-0.1, -0.05) is 29.5 Å². The average Bonchev–Trinajstić information content (AvgIpc) is 3.38. The van der Waals surface area contributed by atoms with Gasteiger partial charge in [-0.3, -0.25) is 14.7 Å². The highest BCUT2D eigenvalue weighted by Crippen LogP contribution is 2.33. The van der Waals surface area contributed by atoms with Crippen molar-refractivity contribution in [3.05, 3.63) is 81.8 Å². The maximum atomic E-state index is 13.1. The fraction of sp³-hybridized carbons (Fsp3) is 0.136. The Hall–Kier alpha value is -2.83. The van der Waals surface area contributed by atoms with Crippen LogP contribution in [-0.2, 0) is 11.3 Å². The molecule has 4 aromatic rings.